The number of hydrogen-bond donors (Lipinski definition) is 2. The van der Waals surface area contributed by atoms with Crippen LogP contribution in [0.2, 0.25) is 0 Å². The third-order valence-electron chi connectivity index (χ3n) is 5.44. The molecule has 2 N–H and O–H groups in total. The molecule has 0 bridgehead atoms. The number of phenolic OH excluding ortho intramolecular Hbond substituents is 1. The minimum atomic E-state index is 0.294. The highest BCUT2D eigenvalue weighted by molar-refractivity contribution is 5.56. The normalized spacial score (nSPS) is 11.2. The van der Waals surface area contributed by atoms with Crippen LogP contribution in [0.5, 0.6) is 17.2 Å². The van der Waals surface area contributed by atoms with E-state index in [4.69, 9.17) is 4.74 Å². The molecule has 31 heavy (non-hydrogen) atoms. The Morgan fingerprint density at radius 3 is 2.23 bits per heavy atom. The van der Waals surface area contributed by atoms with Crippen LogP contribution in [-0.2, 0) is 13.1 Å². The molecule has 0 radical (unpaired) electrons. The second-order valence-electron chi connectivity index (χ2n) is 8.35. The zero-order valence-corrected chi connectivity index (χ0v) is 19.3. The lowest BCUT2D eigenvalue weighted by Gasteiger charge is -2.27. The Morgan fingerprint density at radius 2 is 1.61 bits per heavy atom. The summed E-state index contributed by atoms with van der Waals surface area (Å²) < 4.78 is 6.27. The van der Waals surface area contributed by atoms with Crippen molar-refractivity contribution in [2.45, 2.75) is 53.8 Å². The highest BCUT2D eigenvalue weighted by Gasteiger charge is 2.15. The van der Waals surface area contributed by atoms with E-state index in [0.717, 1.165) is 47.0 Å². The second-order valence-corrected chi connectivity index (χ2v) is 8.35. The first-order chi connectivity index (χ1) is 14.9. The lowest BCUT2D eigenvalue weighted by Crippen LogP contribution is -2.29. The molecule has 4 heteroatoms. The van der Waals surface area contributed by atoms with E-state index in [0.29, 0.717) is 18.3 Å². The van der Waals surface area contributed by atoms with Crippen LogP contribution in [0.4, 0.5) is 5.69 Å². The van der Waals surface area contributed by atoms with E-state index in [1.807, 2.05) is 18.2 Å². The van der Waals surface area contributed by atoms with Crippen LogP contribution in [0.15, 0.2) is 60.7 Å². The number of anilines is 1. The van der Waals surface area contributed by atoms with Gasteiger partial charge in [-0.25, -0.2) is 0 Å². The number of aromatic hydroxyl groups is 1. The fourth-order valence-electron chi connectivity index (χ4n) is 3.75. The van der Waals surface area contributed by atoms with E-state index in [9.17, 15) is 5.11 Å². The van der Waals surface area contributed by atoms with Crippen LogP contribution in [0.25, 0.3) is 0 Å². The van der Waals surface area contributed by atoms with Gasteiger partial charge in [0.25, 0.3) is 0 Å². The molecular weight excluding hydrogens is 384 g/mol. The van der Waals surface area contributed by atoms with Crippen LogP contribution in [0.3, 0.4) is 0 Å². The number of nitrogens with zero attached hydrogens (tertiary/aromatic N) is 1. The van der Waals surface area contributed by atoms with Gasteiger partial charge in [-0.05, 0) is 81.6 Å². The fourth-order valence-corrected chi connectivity index (χ4v) is 3.75. The van der Waals surface area contributed by atoms with Gasteiger partial charge in [0.2, 0.25) is 0 Å². The Balaban J connectivity index is 1.81. The number of rotatable bonds is 9. The predicted molar refractivity (Wildman–Crippen MR) is 129 cm³/mol. The summed E-state index contributed by atoms with van der Waals surface area (Å²) in [7, 11) is 0. The van der Waals surface area contributed by atoms with Crippen molar-refractivity contribution in [3.63, 3.8) is 0 Å². The molecule has 0 saturated carbocycles. The summed E-state index contributed by atoms with van der Waals surface area (Å²) in [6, 6.07) is 20.5. The number of nitrogens with one attached hydrogen (secondary N) is 1. The molecule has 0 aliphatic heterocycles. The first-order valence-electron chi connectivity index (χ1n) is 11.0. The van der Waals surface area contributed by atoms with Gasteiger partial charge in [-0.2, -0.15) is 0 Å². The summed E-state index contributed by atoms with van der Waals surface area (Å²) in [5, 5.41) is 13.9. The molecule has 0 spiro atoms. The van der Waals surface area contributed by atoms with Crippen molar-refractivity contribution in [2.24, 2.45) is 0 Å². The molecule has 0 aromatic heterocycles. The third-order valence-corrected chi connectivity index (χ3v) is 5.44. The van der Waals surface area contributed by atoms with E-state index in [1.165, 1.54) is 5.56 Å². The highest BCUT2D eigenvalue weighted by atomic mass is 16.5. The van der Waals surface area contributed by atoms with Crippen LogP contribution < -0.4 is 10.1 Å². The van der Waals surface area contributed by atoms with Crippen LogP contribution >= 0.6 is 0 Å². The molecule has 0 fully saturated rings. The summed E-state index contributed by atoms with van der Waals surface area (Å²) in [6.45, 7) is 12.9. The van der Waals surface area contributed by atoms with E-state index < -0.39 is 0 Å². The van der Waals surface area contributed by atoms with Gasteiger partial charge >= 0.3 is 0 Å². The Bertz CT molecular complexity index is 976. The fraction of sp³-hybridized carbons (Fsp3) is 0.333. The van der Waals surface area contributed by atoms with Gasteiger partial charge in [-0.1, -0.05) is 30.3 Å². The van der Waals surface area contributed by atoms with Crippen molar-refractivity contribution in [3.05, 3.63) is 82.9 Å². The summed E-state index contributed by atoms with van der Waals surface area (Å²) in [5.41, 5.74) is 5.39. The average molecular weight is 419 g/mol. The summed E-state index contributed by atoms with van der Waals surface area (Å²) in [5.74, 6) is 1.89. The van der Waals surface area contributed by atoms with Gasteiger partial charge in [0.05, 0.1) is 0 Å². The molecule has 3 aromatic carbocycles. The van der Waals surface area contributed by atoms with E-state index in [2.05, 4.69) is 81.2 Å². The average Bonchev–Trinajstić information content (AvgIpc) is 2.73. The van der Waals surface area contributed by atoms with Crippen LogP contribution in [0.1, 0.15) is 43.0 Å². The SMILES string of the molecule is CCNc1cc(C)c(Oc2ccc(O)c(CN(Cc3ccccc3)C(C)C)c2)c(C)c1. The minimum absolute atomic E-state index is 0.294. The highest BCUT2D eigenvalue weighted by Crippen LogP contribution is 2.34. The van der Waals surface area contributed by atoms with Crippen molar-refractivity contribution in [2.75, 3.05) is 11.9 Å². The zero-order valence-electron chi connectivity index (χ0n) is 19.3. The molecule has 3 rings (SSSR count). The molecule has 0 atom stereocenters. The van der Waals surface area contributed by atoms with E-state index >= 15 is 0 Å². The van der Waals surface area contributed by atoms with E-state index in [-0.39, 0.29) is 0 Å². The van der Waals surface area contributed by atoms with Gasteiger partial charge < -0.3 is 15.2 Å². The smallest absolute Gasteiger partial charge is 0.133 e. The Hall–Kier alpha value is -2.98. The Kier molecular flexibility index (Phi) is 7.59. The monoisotopic (exact) mass is 418 g/mol. The summed E-state index contributed by atoms with van der Waals surface area (Å²) in [6.07, 6.45) is 0. The topological polar surface area (TPSA) is 44.7 Å². The van der Waals surface area contributed by atoms with Gasteiger partial charge in [0.15, 0.2) is 0 Å². The first-order valence-corrected chi connectivity index (χ1v) is 11.0. The third kappa shape index (κ3) is 6.02. The number of hydrogen-bond acceptors (Lipinski definition) is 4. The number of benzene rings is 3. The molecule has 164 valence electrons. The number of aryl methyl sites for hydroxylation is 2. The summed E-state index contributed by atoms with van der Waals surface area (Å²) in [4.78, 5) is 2.34. The van der Waals surface area contributed by atoms with Crippen LogP contribution in [-0.4, -0.2) is 22.6 Å². The van der Waals surface area contributed by atoms with Crippen LogP contribution in [0, 0.1) is 13.8 Å². The molecular formula is C27H34N2O2. The maximum Gasteiger partial charge on any atom is 0.133 e. The van der Waals surface area contributed by atoms with Crippen molar-refractivity contribution >= 4 is 5.69 Å². The molecule has 0 aliphatic rings. The Labute approximate surface area is 186 Å². The number of ether oxygens (including phenoxy) is 1. The maximum atomic E-state index is 10.5. The molecule has 0 saturated heterocycles. The molecule has 3 aromatic rings. The van der Waals surface area contributed by atoms with Crippen molar-refractivity contribution in [1.82, 2.24) is 4.90 Å². The molecule has 4 nitrogen and oxygen atoms in total. The van der Waals surface area contributed by atoms with Gasteiger partial charge in [0.1, 0.15) is 17.2 Å². The van der Waals surface area contributed by atoms with Gasteiger partial charge in [-0.3, -0.25) is 4.90 Å². The van der Waals surface area contributed by atoms with E-state index in [1.54, 1.807) is 6.07 Å². The van der Waals surface area contributed by atoms with Gasteiger partial charge in [-0.15, -0.1) is 0 Å². The van der Waals surface area contributed by atoms with Crippen molar-refractivity contribution in [1.29, 1.82) is 0 Å². The molecule has 0 aliphatic carbocycles. The largest absolute Gasteiger partial charge is 0.508 e. The molecule has 0 unspecified atom stereocenters. The maximum absolute atomic E-state index is 10.5. The Morgan fingerprint density at radius 1 is 0.935 bits per heavy atom. The van der Waals surface area contributed by atoms with Gasteiger partial charge in [0, 0.05) is 36.9 Å². The second kappa shape index (κ2) is 10.4. The summed E-state index contributed by atoms with van der Waals surface area (Å²) >= 11 is 0. The number of phenols is 1. The minimum Gasteiger partial charge on any atom is -0.508 e. The molecule has 0 heterocycles. The first kappa shape index (κ1) is 22.7. The lowest BCUT2D eigenvalue weighted by atomic mass is 10.1. The lowest BCUT2D eigenvalue weighted by molar-refractivity contribution is 0.201. The standard InChI is InChI=1S/C27H34N2O2/c1-6-28-24-14-20(4)27(21(5)15-24)31-25-12-13-26(30)23(16-25)18-29(19(2)3)17-22-10-8-7-9-11-22/h7-16,19,28,30H,6,17-18H2,1-5H3. The zero-order chi connectivity index (χ0) is 22.4. The van der Waals surface area contributed by atoms with Crippen molar-refractivity contribution < 1.29 is 9.84 Å². The van der Waals surface area contributed by atoms with Crippen molar-refractivity contribution in [3.8, 4) is 17.2 Å². The quantitative estimate of drug-likeness (QED) is 0.409. The predicted octanol–water partition coefficient (Wildman–Crippen LogP) is 6.64. The molecule has 0 amide bonds.